The van der Waals surface area contributed by atoms with E-state index in [0.29, 0.717) is 24.5 Å². The number of primary amides is 1. The molecule has 44 heavy (non-hydrogen) atoms. The first-order valence-electron chi connectivity index (χ1n) is 14.4. The van der Waals surface area contributed by atoms with Gasteiger partial charge in [-0.05, 0) is 44.5 Å². The molecule has 14 nitrogen and oxygen atoms in total. The van der Waals surface area contributed by atoms with Gasteiger partial charge in [-0.25, -0.2) is 0 Å². The number of anilines is 2. The van der Waals surface area contributed by atoms with Crippen molar-refractivity contribution < 1.29 is 44.3 Å². The van der Waals surface area contributed by atoms with E-state index in [9.17, 15) is 39.6 Å². The number of phenols is 1. The number of nitrogens with one attached hydrogen (secondary N) is 1. The number of carbonyl (C=O) groups excluding carboxylic acids is 4. The number of carbonyl (C=O) groups is 4. The molecule has 1 spiro atoms. The van der Waals surface area contributed by atoms with Gasteiger partial charge in [-0.15, -0.1) is 0 Å². The lowest BCUT2D eigenvalue weighted by atomic mass is 9.57. The minimum atomic E-state index is -2.73. The third-order valence-corrected chi connectivity index (χ3v) is 9.75. The first-order valence-corrected chi connectivity index (χ1v) is 14.4. The smallest absolute Gasteiger partial charge is 0.255 e. The molecule has 14 heteroatoms. The molecular weight excluding hydrogens is 574 g/mol. The van der Waals surface area contributed by atoms with Crippen LogP contribution in [-0.2, 0) is 30.3 Å². The molecule has 1 aromatic carbocycles. The predicted molar refractivity (Wildman–Crippen MR) is 157 cm³/mol. The SMILES string of the molecule is CN(C)c1cc(NC(=O)CN2CC3(COC3)C2)c(O)c2c1C[C@H]1C[C@H]3[C@H](N(C)C)C(=O)C(C(N)=O)=C(O)[C@@]3(O)C(=O)C1=C2O. The summed E-state index contributed by atoms with van der Waals surface area (Å²) in [5, 5.41) is 48.6. The van der Waals surface area contributed by atoms with E-state index in [4.69, 9.17) is 10.5 Å². The van der Waals surface area contributed by atoms with Crippen LogP contribution in [0.2, 0.25) is 0 Å². The molecule has 0 aromatic heterocycles. The molecule has 2 amide bonds. The first-order chi connectivity index (χ1) is 20.6. The van der Waals surface area contributed by atoms with Crippen molar-refractivity contribution in [1.29, 1.82) is 0 Å². The maximum atomic E-state index is 14.1. The number of hydrogen-bond acceptors (Lipinski definition) is 12. The number of amides is 2. The van der Waals surface area contributed by atoms with Crippen LogP contribution in [-0.4, -0.2) is 126 Å². The summed E-state index contributed by atoms with van der Waals surface area (Å²) in [7, 11) is 6.62. The molecule has 3 aliphatic carbocycles. The Morgan fingerprint density at radius 3 is 2.34 bits per heavy atom. The fourth-order valence-corrected chi connectivity index (χ4v) is 7.77. The molecule has 3 fully saturated rings. The quantitative estimate of drug-likeness (QED) is 0.175. The maximum Gasteiger partial charge on any atom is 0.255 e. The van der Waals surface area contributed by atoms with Crippen molar-refractivity contribution in [3.8, 4) is 5.75 Å². The van der Waals surface area contributed by atoms with Gasteiger partial charge in [0.1, 0.15) is 22.8 Å². The Kier molecular flexibility index (Phi) is 6.85. The normalized spacial score (nSPS) is 29.1. The molecule has 7 N–H and O–H groups in total. The molecular formula is C30H37N5O9. The highest BCUT2D eigenvalue weighted by atomic mass is 16.5. The molecule has 0 unspecified atom stereocenters. The number of likely N-dealkylation sites (N-methyl/N-ethyl adjacent to an activating group) is 1. The van der Waals surface area contributed by atoms with Gasteiger partial charge in [-0.3, -0.25) is 29.0 Å². The Bertz CT molecular complexity index is 1570. The van der Waals surface area contributed by atoms with Crippen LogP contribution in [0.3, 0.4) is 0 Å². The predicted octanol–water partition coefficient (Wildman–Crippen LogP) is -0.699. The lowest BCUT2D eigenvalue weighted by Crippen LogP contribution is -2.66. The van der Waals surface area contributed by atoms with Crippen LogP contribution in [0, 0.1) is 17.3 Å². The molecule has 236 valence electrons. The van der Waals surface area contributed by atoms with Gasteiger partial charge in [-0.2, -0.15) is 0 Å². The highest BCUT2D eigenvalue weighted by Gasteiger charge is 2.64. The maximum absolute atomic E-state index is 14.1. The summed E-state index contributed by atoms with van der Waals surface area (Å²) in [6, 6.07) is 0.438. The van der Waals surface area contributed by atoms with Crippen molar-refractivity contribution in [2.75, 3.05) is 71.3 Å². The number of nitrogens with two attached hydrogens (primary N) is 1. The van der Waals surface area contributed by atoms with E-state index in [1.807, 2.05) is 4.90 Å². The van der Waals surface area contributed by atoms with Crippen molar-refractivity contribution in [2.24, 2.45) is 23.0 Å². The summed E-state index contributed by atoms with van der Waals surface area (Å²) >= 11 is 0. The highest BCUT2D eigenvalue weighted by Crippen LogP contribution is 2.54. The van der Waals surface area contributed by atoms with Crippen molar-refractivity contribution in [3.63, 3.8) is 0 Å². The van der Waals surface area contributed by atoms with Crippen molar-refractivity contribution in [1.82, 2.24) is 9.80 Å². The average molecular weight is 612 g/mol. The number of aliphatic hydroxyl groups excluding tert-OH is 2. The second kappa shape index (κ2) is 10.0. The molecule has 0 radical (unpaired) electrons. The van der Waals surface area contributed by atoms with E-state index in [1.165, 1.54) is 4.90 Å². The number of phenolic OH excluding ortho intramolecular Hbond substituents is 1. The lowest BCUT2D eigenvalue weighted by Gasteiger charge is -2.54. The van der Waals surface area contributed by atoms with Crippen molar-refractivity contribution in [2.45, 2.75) is 24.5 Å². The van der Waals surface area contributed by atoms with Gasteiger partial charge in [-0.1, -0.05) is 0 Å². The van der Waals surface area contributed by atoms with Crippen LogP contribution < -0.4 is 16.0 Å². The summed E-state index contributed by atoms with van der Waals surface area (Å²) < 4.78 is 5.28. The van der Waals surface area contributed by atoms with Gasteiger partial charge in [0.25, 0.3) is 5.91 Å². The zero-order valence-electron chi connectivity index (χ0n) is 25.0. The van der Waals surface area contributed by atoms with Crippen LogP contribution in [0.5, 0.6) is 5.75 Å². The van der Waals surface area contributed by atoms with Gasteiger partial charge >= 0.3 is 0 Å². The molecule has 2 aliphatic heterocycles. The van der Waals surface area contributed by atoms with Gasteiger partial charge in [0.2, 0.25) is 11.7 Å². The number of Topliss-reactive ketones (excluding diaryl/α,β-unsaturated/α-hetero) is 2. The first kappa shape index (κ1) is 30.1. The number of nitrogens with zero attached hydrogens (tertiary/aromatic N) is 3. The highest BCUT2D eigenvalue weighted by molar-refractivity contribution is 6.24. The fraction of sp³-hybridized carbons (Fsp3) is 0.533. The average Bonchev–Trinajstić information content (AvgIpc) is 2.87. The number of rotatable bonds is 6. The lowest BCUT2D eigenvalue weighted by molar-refractivity contribution is -0.188. The van der Waals surface area contributed by atoms with Crippen molar-refractivity contribution in [3.05, 3.63) is 34.1 Å². The summed E-state index contributed by atoms with van der Waals surface area (Å²) in [5.41, 5.74) is 2.68. The van der Waals surface area contributed by atoms with Crippen LogP contribution in [0.15, 0.2) is 23.0 Å². The Hall–Kier alpha value is -3.98. The summed E-state index contributed by atoms with van der Waals surface area (Å²) in [5.74, 6) is -7.66. The van der Waals surface area contributed by atoms with E-state index in [0.717, 1.165) is 13.1 Å². The van der Waals surface area contributed by atoms with E-state index in [1.54, 1.807) is 39.2 Å². The molecule has 1 aromatic rings. The Morgan fingerprint density at radius 2 is 1.80 bits per heavy atom. The van der Waals surface area contributed by atoms with Gasteiger partial charge in [0.05, 0.1) is 37.1 Å². The number of ether oxygens (including phenoxy) is 1. The van der Waals surface area contributed by atoms with E-state index in [2.05, 4.69) is 5.32 Å². The zero-order chi connectivity index (χ0) is 32.0. The number of ketones is 2. The number of benzene rings is 1. The van der Waals surface area contributed by atoms with Crippen LogP contribution in [0.1, 0.15) is 17.5 Å². The number of aromatic hydroxyl groups is 1. The summed E-state index contributed by atoms with van der Waals surface area (Å²) in [6.45, 7) is 2.92. The van der Waals surface area contributed by atoms with E-state index < -0.39 is 63.8 Å². The summed E-state index contributed by atoms with van der Waals surface area (Å²) in [6.07, 6.45) is 0.127. The molecule has 4 atom stereocenters. The largest absolute Gasteiger partial charge is 0.508 e. The van der Waals surface area contributed by atoms with E-state index >= 15 is 0 Å². The molecule has 0 bridgehead atoms. The Balaban J connectivity index is 1.41. The molecule has 1 saturated carbocycles. The van der Waals surface area contributed by atoms with E-state index in [-0.39, 0.29) is 47.5 Å². The number of likely N-dealkylation sites (tertiary alicyclic amines) is 1. The molecule has 5 aliphatic rings. The van der Waals surface area contributed by atoms with Gasteiger partial charge in [0, 0.05) is 49.8 Å². The van der Waals surface area contributed by atoms with Crippen LogP contribution in [0.25, 0.3) is 5.76 Å². The van der Waals surface area contributed by atoms with Crippen molar-refractivity contribution >= 4 is 40.5 Å². The Labute approximate surface area is 253 Å². The third kappa shape index (κ3) is 4.15. The topological polar surface area (TPSA) is 206 Å². The minimum Gasteiger partial charge on any atom is -0.508 e. The van der Waals surface area contributed by atoms with Crippen LogP contribution >= 0.6 is 0 Å². The molecule has 2 heterocycles. The minimum absolute atomic E-state index is 0.0136. The monoisotopic (exact) mass is 611 g/mol. The van der Waals surface area contributed by atoms with Gasteiger partial charge in [0.15, 0.2) is 11.4 Å². The number of aliphatic hydroxyl groups is 3. The third-order valence-electron chi connectivity index (χ3n) is 9.75. The Morgan fingerprint density at radius 1 is 1.14 bits per heavy atom. The van der Waals surface area contributed by atoms with Crippen LogP contribution in [0.4, 0.5) is 11.4 Å². The van der Waals surface area contributed by atoms with Gasteiger partial charge < -0.3 is 41.1 Å². The molecule has 6 rings (SSSR count). The zero-order valence-corrected chi connectivity index (χ0v) is 25.0. The fourth-order valence-electron chi connectivity index (χ4n) is 7.77. The number of hydrogen-bond donors (Lipinski definition) is 6. The standard InChI is InChI=1S/C30H37N5O9/c1-33(2)17-7-16(32-18(36)8-35-9-29(10-35)11-44-12-29)23(37)20-14(17)5-13-6-15-22(34(3)4)25(39)21(28(31)42)27(41)30(15,43)26(40)19(13)24(20)38/h7,13,15,22,37-38,41,43H,5-6,8-12H2,1-4H3,(H2,31,42)(H,32,36)/t13-,15-,22-,30-/m0/s1. The second-order valence-corrected chi connectivity index (χ2v) is 13.2. The molecule has 2 saturated heterocycles. The summed E-state index contributed by atoms with van der Waals surface area (Å²) in [4.78, 5) is 57.7. The second-order valence-electron chi connectivity index (χ2n) is 13.2. The number of fused-ring (bicyclic) bond motifs is 3.